The van der Waals surface area contributed by atoms with Crippen LogP contribution in [0.15, 0.2) is 218 Å². The molecule has 0 fully saturated rings. The van der Waals surface area contributed by atoms with Gasteiger partial charge in [0.15, 0.2) is 0 Å². The van der Waals surface area contributed by atoms with Crippen LogP contribution in [0.2, 0.25) is 0 Å². The van der Waals surface area contributed by atoms with Crippen LogP contribution >= 0.6 is 11.3 Å². The van der Waals surface area contributed by atoms with E-state index in [1.165, 1.54) is 102 Å². The second-order valence-corrected chi connectivity index (χ2v) is 17.1. The van der Waals surface area contributed by atoms with E-state index in [2.05, 4.69) is 228 Å². The van der Waals surface area contributed by atoms with Crippen LogP contribution in [0, 0.1) is 0 Å². The number of hydrogen-bond donors (Lipinski definition) is 0. The third-order valence-corrected chi connectivity index (χ3v) is 14.0. The molecule has 284 valence electrons. The fourth-order valence-electron chi connectivity index (χ4n) is 9.99. The quantitative estimate of drug-likeness (QED) is 0.158. The Labute approximate surface area is 356 Å². The molecule has 2 heterocycles. The Morgan fingerprint density at radius 1 is 0.328 bits per heavy atom. The van der Waals surface area contributed by atoms with Crippen molar-refractivity contribution in [1.29, 1.82) is 0 Å². The molecule has 61 heavy (non-hydrogen) atoms. The smallest absolute Gasteiger partial charge is 0.0640 e. The highest BCUT2D eigenvalue weighted by Crippen LogP contribution is 2.45. The third kappa shape index (κ3) is 5.21. The van der Waals surface area contributed by atoms with Crippen LogP contribution < -0.4 is 4.90 Å². The zero-order valence-corrected chi connectivity index (χ0v) is 33.9. The first-order chi connectivity index (χ1) is 30.3. The van der Waals surface area contributed by atoms with Crippen molar-refractivity contribution in [3.63, 3.8) is 0 Å². The molecular formula is C58H36N2S. The minimum absolute atomic E-state index is 1.11. The normalized spacial score (nSPS) is 11.9. The van der Waals surface area contributed by atoms with Crippen LogP contribution in [-0.4, -0.2) is 4.57 Å². The third-order valence-electron chi connectivity index (χ3n) is 12.7. The van der Waals surface area contributed by atoms with E-state index in [0.29, 0.717) is 0 Å². The molecule has 13 rings (SSSR count). The van der Waals surface area contributed by atoms with Crippen molar-refractivity contribution in [3.05, 3.63) is 218 Å². The molecule has 13 aromatic rings. The number of fused-ring (bicyclic) bond motifs is 13. The van der Waals surface area contributed by atoms with E-state index in [0.717, 1.165) is 17.1 Å². The van der Waals surface area contributed by atoms with Crippen molar-refractivity contribution in [2.24, 2.45) is 0 Å². The lowest BCUT2D eigenvalue weighted by Gasteiger charge is -2.27. The molecule has 2 nitrogen and oxygen atoms in total. The summed E-state index contributed by atoms with van der Waals surface area (Å²) in [6.07, 6.45) is 0. The number of benzene rings is 11. The van der Waals surface area contributed by atoms with E-state index in [-0.39, 0.29) is 0 Å². The predicted octanol–water partition coefficient (Wildman–Crippen LogP) is 16.9. The van der Waals surface area contributed by atoms with E-state index < -0.39 is 0 Å². The average molecular weight is 793 g/mol. The highest BCUT2D eigenvalue weighted by molar-refractivity contribution is 7.26. The number of anilines is 3. The van der Waals surface area contributed by atoms with E-state index >= 15 is 0 Å². The van der Waals surface area contributed by atoms with Gasteiger partial charge in [0, 0.05) is 43.0 Å². The Hall–Kier alpha value is -7.72. The summed E-state index contributed by atoms with van der Waals surface area (Å²) in [6.45, 7) is 0. The summed E-state index contributed by atoms with van der Waals surface area (Å²) in [5.41, 5.74) is 9.43. The molecule has 0 amide bonds. The largest absolute Gasteiger partial charge is 0.310 e. The molecule has 2 aromatic heterocycles. The van der Waals surface area contributed by atoms with Crippen molar-refractivity contribution >= 4 is 113 Å². The topological polar surface area (TPSA) is 8.17 Å². The van der Waals surface area contributed by atoms with Crippen molar-refractivity contribution in [3.8, 4) is 16.8 Å². The van der Waals surface area contributed by atoms with Crippen molar-refractivity contribution in [1.82, 2.24) is 4.57 Å². The van der Waals surface area contributed by atoms with E-state index in [9.17, 15) is 0 Å². The molecular weight excluding hydrogens is 757 g/mol. The number of nitrogens with zero attached hydrogens (tertiary/aromatic N) is 2. The molecule has 0 saturated heterocycles. The highest BCUT2D eigenvalue weighted by Gasteiger charge is 2.20. The maximum Gasteiger partial charge on any atom is 0.0640 e. The van der Waals surface area contributed by atoms with Crippen LogP contribution in [0.1, 0.15) is 0 Å². The maximum absolute atomic E-state index is 2.47. The van der Waals surface area contributed by atoms with Gasteiger partial charge in [-0.2, -0.15) is 0 Å². The summed E-state index contributed by atoms with van der Waals surface area (Å²) in [4.78, 5) is 2.43. The maximum atomic E-state index is 2.47. The van der Waals surface area contributed by atoms with Gasteiger partial charge in [-0.1, -0.05) is 158 Å². The van der Waals surface area contributed by atoms with Crippen molar-refractivity contribution in [2.45, 2.75) is 0 Å². The number of hydrogen-bond acceptors (Lipinski definition) is 2. The lowest BCUT2D eigenvalue weighted by molar-refractivity contribution is 1.20. The highest BCUT2D eigenvalue weighted by atomic mass is 32.1. The average Bonchev–Trinajstić information content (AvgIpc) is 3.88. The second kappa shape index (κ2) is 13.4. The SMILES string of the molecule is c1ccc2c(N(c3ccc(-c4ccc5c(c4)c4ccccc4n5-c4cccc5c4sc4ccccc45)cc3)c3ccc4c5ccccc5c5ccccc5c4c3)cccc2c1. The lowest BCUT2D eigenvalue weighted by atomic mass is 9.94. The lowest BCUT2D eigenvalue weighted by Crippen LogP contribution is -2.10. The first-order valence-corrected chi connectivity index (χ1v) is 21.7. The molecule has 0 unspecified atom stereocenters. The van der Waals surface area contributed by atoms with Gasteiger partial charge >= 0.3 is 0 Å². The van der Waals surface area contributed by atoms with Gasteiger partial charge in [0.25, 0.3) is 0 Å². The fourth-order valence-corrected chi connectivity index (χ4v) is 11.2. The van der Waals surface area contributed by atoms with Gasteiger partial charge in [0.05, 0.1) is 27.1 Å². The minimum Gasteiger partial charge on any atom is -0.310 e. The standard InChI is InChI=1S/C58H36N2S/c1-2-15-42-38(13-1)14-11-24-53(42)59(41-32-33-47-45-18-4-3-16-43(45)44-17-5-6-19-46(44)51(47)36-41)40-30-27-37(28-31-40)39-29-34-55-52(35-39)48-20-7-9-23-54(48)60(55)56-25-12-22-50-49-21-8-10-26-57(49)61-58(50)56/h1-36H. The molecule has 0 bridgehead atoms. The van der Waals surface area contributed by atoms with Gasteiger partial charge in [-0.3, -0.25) is 0 Å². The number of para-hydroxylation sites is 1. The molecule has 0 aliphatic carbocycles. The van der Waals surface area contributed by atoms with Crippen LogP contribution in [0.4, 0.5) is 17.1 Å². The zero-order chi connectivity index (χ0) is 40.0. The first kappa shape index (κ1) is 34.2. The Kier molecular flexibility index (Phi) is 7.51. The molecule has 0 aliphatic heterocycles. The molecule has 0 atom stereocenters. The molecule has 0 radical (unpaired) electrons. The Morgan fingerprint density at radius 3 is 1.67 bits per heavy atom. The van der Waals surface area contributed by atoms with E-state index in [1.807, 2.05) is 11.3 Å². The Balaban J connectivity index is 0.965. The monoisotopic (exact) mass is 792 g/mol. The minimum atomic E-state index is 1.11. The Bertz CT molecular complexity index is 3850. The number of rotatable bonds is 5. The number of aromatic nitrogens is 1. The zero-order valence-electron chi connectivity index (χ0n) is 33.1. The number of thiophene rings is 1. The van der Waals surface area contributed by atoms with Crippen LogP contribution in [0.5, 0.6) is 0 Å². The van der Waals surface area contributed by atoms with Crippen molar-refractivity contribution < 1.29 is 0 Å². The van der Waals surface area contributed by atoms with Crippen molar-refractivity contribution in [2.75, 3.05) is 4.90 Å². The van der Waals surface area contributed by atoms with E-state index in [1.54, 1.807) is 0 Å². The fraction of sp³-hybridized carbons (Fsp3) is 0. The Morgan fingerprint density at radius 2 is 0.885 bits per heavy atom. The first-order valence-electron chi connectivity index (χ1n) is 20.9. The van der Waals surface area contributed by atoms with E-state index in [4.69, 9.17) is 0 Å². The van der Waals surface area contributed by atoms with Gasteiger partial charge in [-0.25, -0.2) is 0 Å². The summed E-state index contributed by atoms with van der Waals surface area (Å²) in [7, 11) is 0. The molecule has 0 aliphatic rings. The molecule has 11 aromatic carbocycles. The summed E-state index contributed by atoms with van der Waals surface area (Å²) < 4.78 is 5.10. The summed E-state index contributed by atoms with van der Waals surface area (Å²) >= 11 is 1.88. The van der Waals surface area contributed by atoms with Gasteiger partial charge < -0.3 is 9.47 Å². The van der Waals surface area contributed by atoms with Crippen LogP contribution in [0.3, 0.4) is 0 Å². The van der Waals surface area contributed by atoms with Gasteiger partial charge in [0.1, 0.15) is 0 Å². The van der Waals surface area contributed by atoms with Gasteiger partial charge in [-0.15, -0.1) is 11.3 Å². The van der Waals surface area contributed by atoms with Gasteiger partial charge in [-0.05, 0) is 109 Å². The predicted molar refractivity (Wildman–Crippen MR) is 264 cm³/mol. The molecule has 0 N–H and O–H groups in total. The summed E-state index contributed by atoms with van der Waals surface area (Å²) in [5.74, 6) is 0. The van der Waals surface area contributed by atoms with Crippen LogP contribution in [-0.2, 0) is 0 Å². The summed E-state index contributed by atoms with van der Waals surface area (Å²) in [5, 5.41) is 15.2. The molecule has 3 heteroatoms. The van der Waals surface area contributed by atoms with Gasteiger partial charge in [0.2, 0.25) is 0 Å². The second-order valence-electron chi connectivity index (χ2n) is 16.0. The molecule has 0 saturated carbocycles. The van der Waals surface area contributed by atoms with Crippen LogP contribution in [0.25, 0.3) is 102 Å². The summed E-state index contributed by atoms with van der Waals surface area (Å²) in [6, 6.07) is 80.5. The molecule has 0 spiro atoms.